The molecule has 0 aliphatic carbocycles. The van der Waals surface area contributed by atoms with Crippen molar-refractivity contribution in [2.75, 3.05) is 26.7 Å². The van der Waals surface area contributed by atoms with Crippen LogP contribution in [0.5, 0.6) is 0 Å². The molecular formula is C25H46N4O4. The molecule has 0 aromatic rings. The Morgan fingerprint density at radius 1 is 1.09 bits per heavy atom. The predicted octanol–water partition coefficient (Wildman–Crippen LogP) is 1.93. The molecule has 0 aromatic carbocycles. The number of nitrogens with one attached hydrogen (secondary N) is 2. The first kappa shape index (κ1) is 29.1. The lowest BCUT2D eigenvalue weighted by Gasteiger charge is -2.39. The maximum Gasteiger partial charge on any atom is 0.246 e. The lowest BCUT2D eigenvalue weighted by molar-refractivity contribution is -0.140. The third-order valence-electron chi connectivity index (χ3n) is 6.39. The van der Waals surface area contributed by atoms with Crippen LogP contribution in [0.1, 0.15) is 67.7 Å². The first-order valence-corrected chi connectivity index (χ1v) is 12.3. The molecule has 0 radical (unpaired) electrons. The van der Waals surface area contributed by atoms with Crippen molar-refractivity contribution >= 4 is 17.7 Å². The smallest absolute Gasteiger partial charge is 0.246 e. The molecule has 0 saturated carbocycles. The summed E-state index contributed by atoms with van der Waals surface area (Å²) in [5.74, 6) is -0.525. The van der Waals surface area contributed by atoms with E-state index in [-0.39, 0.29) is 60.8 Å². The van der Waals surface area contributed by atoms with Crippen molar-refractivity contribution in [3.8, 4) is 0 Å². The Bertz CT molecular complexity index is 690. The fraction of sp³-hybridized carbons (Fsp3) is 0.800. The van der Waals surface area contributed by atoms with Gasteiger partial charge in [0.25, 0.3) is 0 Å². The van der Waals surface area contributed by atoms with Gasteiger partial charge in [0.15, 0.2) is 0 Å². The van der Waals surface area contributed by atoms with Crippen LogP contribution in [0.2, 0.25) is 0 Å². The van der Waals surface area contributed by atoms with Gasteiger partial charge in [0.1, 0.15) is 6.04 Å². The minimum Gasteiger partial charge on any atom is -0.395 e. The van der Waals surface area contributed by atoms with Crippen molar-refractivity contribution in [2.45, 2.75) is 91.9 Å². The maximum atomic E-state index is 13.5. The molecule has 1 rings (SSSR count). The maximum absolute atomic E-state index is 13.5. The summed E-state index contributed by atoms with van der Waals surface area (Å²) in [4.78, 5) is 42.8. The first-order valence-electron chi connectivity index (χ1n) is 12.3. The minimum atomic E-state index is -0.642. The van der Waals surface area contributed by atoms with Crippen LogP contribution in [0.3, 0.4) is 0 Å². The molecule has 33 heavy (non-hydrogen) atoms. The van der Waals surface area contributed by atoms with Crippen molar-refractivity contribution in [2.24, 2.45) is 11.8 Å². The molecule has 8 heteroatoms. The number of likely N-dealkylation sites (tertiary alicyclic amines) is 1. The average molecular weight is 467 g/mol. The van der Waals surface area contributed by atoms with Gasteiger partial charge < -0.3 is 20.6 Å². The largest absolute Gasteiger partial charge is 0.395 e. The number of piperidine rings is 1. The zero-order chi connectivity index (χ0) is 25.3. The Labute approximate surface area is 200 Å². The number of rotatable bonds is 11. The summed E-state index contributed by atoms with van der Waals surface area (Å²) in [6, 6.07) is -0.891. The van der Waals surface area contributed by atoms with E-state index in [2.05, 4.69) is 29.4 Å². The molecular weight excluding hydrogens is 420 g/mol. The third-order valence-corrected chi connectivity index (χ3v) is 6.39. The summed E-state index contributed by atoms with van der Waals surface area (Å²) in [6.45, 7) is 14.7. The van der Waals surface area contributed by atoms with Crippen molar-refractivity contribution in [1.29, 1.82) is 0 Å². The summed E-state index contributed by atoms with van der Waals surface area (Å²) in [7, 11) is 1.73. The summed E-state index contributed by atoms with van der Waals surface area (Å²) < 4.78 is 0. The number of carbonyl (C=O) groups is 3. The van der Waals surface area contributed by atoms with Crippen molar-refractivity contribution in [3.63, 3.8) is 0 Å². The average Bonchev–Trinajstić information content (AvgIpc) is 2.77. The number of likely N-dealkylation sites (N-methyl/N-ethyl adjacent to an activating group) is 1. The standard InChI is InChI=1S/C25H46N4O4/c1-16(2)21(15-19(7)23(31)26-12-14-30)28(8)25(33)22(17(3)4)27-24(32)20-11-9-10-13-29(20)18(5)6/h15-18,20-22,30H,9-14H2,1-8H3,(H,26,31)(H,27,32)/b19-15+. The molecule has 1 aliphatic heterocycles. The molecule has 1 heterocycles. The van der Waals surface area contributed by atoms with E-state index in [1.54, 1.807) is 24.9 Å². The number of amides is 3. The van der Waals surface area contributed by atoms with Gasteiger partial charge in [0.05, 0.1) is 18.7 Å². The normalized spacial score (nSPS) is 19.5. The minimum absolute atomic E-state index is 0.0674. The quantitative estimate of drug-likeness (QED) is 0.404. The SMILES string of the molecule is C/C(=C\C(C(C)C)N(C)C(=O)C(NC(=O)C1CCCCN1C(C)C)C(C)C)C(=O)NCCO. The molecule has 1 fully saturated rings. The Balaban J connectivity index is 3.03. The number of aliphatic hydroxyl groups excluding tert-OH is 1. The number of aliphatic hydroxyl groups is 1. The van der Waals surface area contributed by atoms with Gasteiger partial charge >= 0.3 is 0 Å². The molecule has 1 aliphatic rings. The monoisotopic (exact) mass is 466 g/mol. The van der Waals surface area contributed by atoms with Gasteiger partial charge in [-0.2, -0.15) is 0 Å². The molecule has 0 bridgehead atoms. The van der Waals surface area contributed by atoms with E-state index in [0.29, 0.717) is 5.57 Å². The fourth-order valence-corrected chi connectivity index (χ4v) is 4.37. The van der Waals surface area contributed by atoms with Gasteiger partial charge in [-0.25, -0.2) is 0 Å². The molecule has 3 amide bonds. The van der Waals surface area contributed by atoms with E-state index in [4.69, 9.17) is 5.11 Å². The lowest BCUT2D eigenvalue weighted by Crippen LogP contribution is -2.58. The Hall–Kier alpha value is -1.93. The highest BCUT2D eigenvalue weighted by molar-refractivity contribution is 5.93. The highest BCUT2D eigenvalue weighted by Crippen LogP contribution is 2.21. The van der Waals surface area contributed by atoms with Gasteiger partial charge in [-0.15, -0.1) is 0 Å². The molecule has 8 nitrogen and oxygen atoms in total. The van der Waals surface area contributed by atoms with Crippen molar-refractivity contribution in [3.05, 3.63) is 11.6 Å². The topological polar surface area (TPSA) is 102 Å². The second-order valence-corrected chi connectivity index (χ2v) is 10.1. The van der Waals surface area contributed by atoms with Gasteiger partial charge in [0, 0.05) is 25.2 Å². The molecule has 3 unspecified atom stereocenters. The van der Waals surface area contributed by atoms with Crippen LogP contribution in [0.25, 0.3) is 0 Å². The van der Waals surface area contributed by atoms with Crippen LogP contribution in [0.4, 0.5) is 0 Å². The van der Waals surface area contributed by atoms with Crippen LogP contribution in [-0.2, 0) is 14.4 Å². The van der Waals surface area contributed by atoms with Crippen molar-refractivity contribution < 1.29 is 19.5 Å². The highest BCUT2D eigenvalue weighted by atomic mass is 16.3. The van der Waals surface area contributed by atoms with Gasteiger partial charge in [-0.3, -0.25) is 19.3 Å². The Morgan fingerprint density at radius 3 is 2.24 bits per heavy atom. The number of hydrogen-bond donors (Lipinski definition) is 3. The zero-order valence-corrected chi connectivity index (χ0v) is 21.9. The van der Waals surface area contributed by atoms with Crippen LogP contribution in [-0.4, -0.2) is 83.5 Å². The number of carbonyl (C=O) groups excluding carboxylic acids is 3. The van der Waals surface area contributed by atoms with Crippen LogP contribution < -0.4 is 10.6 Å². The summed E-state index contributed by atoms with van der Waals surface area (Å²) in [5.41, 5.74) is 0.488. The van der Waals surface area contributed by atoms with E-state index in [0.717, 1.165) is 25.8 Å². The van der Waals surface area contributed by atoms with Crippen LogP contribution in [0, 0.1) is 11.8 Å². The van der Waals surface area contributed by atoms with E-state index >= 15 is 0 Å². The summed E-state index contributed by atoms with van der Waals surface area (Å²) in [6.07, 6.45) is 4.69. The van der Waals surface area contributed by atoms with Crippen LogP contribution >= 0.6 is 0 Å². The van der Waals surface area contributed by atoms with E-state index in [9.17, 15) is 14.4 Å². The van der Waals surface area contributed by atoms with Crippen LogP contribution in [0.15, 0.2) is 11.6 Å². The first-order chi connectivity index (χ1) is 15.4. The molecule has 3 N–H and O–H groups in total. The predicted molar refractivity (Wildman–Crippen MR) is 131 cm³/mol. The second-order valence-electron chi connectivity index (χ2n) is 10.1. The number of hydrogen-bond acceptors (Lipinski definition) is 5. The molecule has 3 atom stereocenters. The van der Waals surface area contributed by atoms with Gasteiger partial charge in [-0.05, 0) is 52.0 Å². The molecule has 0 spiro atoms. The van der Waals surface area contributed by atoms with Gasteiger partial charge in [0.2, 0.25) is 17.7 Å². The van der Waals surface area contributed by atoms with Crippen molar-refractivity contribution in [1.82, 2.24) is 20.4 Å². The molecule has 0 aromatic heterocycles. The van der Waals surface area contributed by atoms with E-state index in [1.807, 2.05) is 27.7 Å². The third kappa shape index (κ3) is 8.41. The summed E-state index contributed by atoms with van der Waals surface area (Å²) in [5, 5.41) is 14.6. The Morgan fingerprint density at radius 2 is 1.73 bits per heavy atom. The van der Waals surface area contributed by atoms with E-state index in [1.165, 1.54) is 0 Å². The zero-order valence-electron chi connectivity index (χ0n) is 21.9. The Kier molecular flexibility index (Phi) is 12.1. The lowest BCUT2D eigenvalue weighted by atomic mass is 9.95. The number of nitrogens with zero attached hydrogens (tertiary/aromatic N) is 2. The molecule has 190 valence electrons. The second kappa shape index (κ2) is 13.7. The highest BCUT2D eigenvalue weighted by Gasteiger charge is 2.35. The van der Waals surface area contributed by atoms with E-state index < -0.39 is 6.04 Å². The fourth-order valence-electron chi connectivity index (χ4n) is 4.37. The summed E-state index contributed by atoms with van der Waals surface area (Å²) >= 11 is 0. The van der Waals surface area contributed by atoms with Gasteiger partial charge in [-0.1, -0.05) is 40.2 Å². The molecule has 1 saturated heterocycles.